The van der Waals surface area contributed by atoms with Crippen molar-refractivity contribution in [2.75, 3.05) is 24.4 Å². The second-order valence-electron chi connectivity index (χ2n) is 9.74. The van der Waals surface area contributed by atoms with Crippen LogP contribution in [0, 0.1) is 5.41 Å². The van der Waals surface area contributed by atoms with Gasteiger partial charge in [-0.2, -0.15) is 0 Å². The molecule has 4 aromatic rings. The Labute approximate surface area is 231 Å². The lowest BCUT2D eigenvalue weighted by Gasteiger charge is -2.18. The largest absolute Gasteiger partial charge is 0.384 e. The summed E-state index contributed by atoms with van der Waals surface area (Å²) in [6.07, 6.45) is 3.12. The fourth-order valence-corrected chi connectivity index (χ4v) is 6.18. The van der Waals surface area contributed by atoms with Gasteiger partial charge in [0.2, 0.25) is 0 Å². The summed E-state index contributed by atoms with van der Waals surface area (Å²) in [6, 6.07) is 20.4. The van der Waals surface area contributed by atoms with Crippen LogP contribution >= 0.6 is 0 Å². The van der Waals surface area contributed by atoms with E-state index in [1.54, 1.807) is 24.3 Å². The highest BCUT2D eigenvalue weighted by Crippen LogP contribution is 2.25. The van der Waals surface area contributed by atoms with Crippen molar-refractivity contribution in [2.45, 2.75) is 44.4 Å². The number of hydrogen-bond donors (Lipinski definition) is 3. The van der Waals surface area contributed by atoms with E-state index in [0.29, 0.717) is 22.6 Å². The highest BCUT2D eigenvalue weighted by atomic mass is 32.2. The first-order valence-electron chi connectivity index (χ1n) is 13.4. The molecule has 39 heavy (non-hydrogen) atoms. The number of imidazole rings is 1. The number of nitrogen functional groups attached to an aromatic ring is 1. The first-order chi connectivity index (χ1) is 18.7. The molecule has 3 aromatic carbocycles. The summed E-state index contributed by atoms with van der Waals surface area (Å²) in [7, 11) is -1.78. The number of rotatable bonds is 13. The van der Waals surface area contributed by atoms with Crippen molar-refractivity contribution in [3.8, 4) is 0 Å². The first-order valence-corrected chi connectivity index (χ1v) is 14.9. The van der Waals surface area contributed by atoms with Crippen molar-refractivity contribution in [3.63, 3.8) is 0 Å². The number of hydrogen-bond acceptors (Lipinski definition) is 5. The SMILES string of the molecule is CCN(CC)CCCc1ccccc1S(=O)(=O)Nc1ccc2c(c1)nc(CCc1ccc(C(=N)N)cc1)n2C. The number of aromatic nitrogens is 2. The first kappa shape index (κ1) is 28.3. The van der Waals surface area contributed by atoms with Gasteiger partial charge in [-0.25, -0.2) is 13.4 Å². The standard InChI is InChI=1S/C30H38N6O2S/c1-4-36(5-2)20-8-10-23-9-6-7-11-28(23)39(37,38)34-25-17-18-27-26(21-25)33-29(35(27)3)19-14-22-12-15-24(16-13-22)30(31)32/h6-7,9,11-13,15-18,21,34H,4-5,8,10,14,19-20H2,1-3H3,(H3,31,32). The quantitative estimate of drug-likeness (QED) is 0.166. The molecule has 0 radical (unpaired) electrons. The number of nitrogens with zero attached hydrogens (tertiary/aromatic N) is 3. The van der Waals surface area contributed by atoms with Gasteiger partial charge in [0.25, 0.3) is 10.0 Å². The minimum Gasteiger partial charge on any atom is -0.384 e. The number of sulfonamides is 1. The fraction of sp³-hybridized carbons (Fsp3) is 0.333. The van der Waals surface area contributed by atoms with Gasteiger partial charge in [0.1, 0.15) is 11.7 Å². The Hall–Kier alpha value is -3.69. The maximum atomic E-state index is 13.4. The van der Waals surface area contributed by atoms with Crippen LogP contribution in [0.2, 0.25) is 0 Å². The van der Waals surface area contributed by atoms with Crippen LogP contribution in [0.5, 0.6) is 0 Å². The molecule has 4 N–H and O–H groups in total. The third kappa shape index (κ3) is 6.85. The van der Waals surface area contributed by atoms with Crippen LogP contribution in [0.25, 0.3) is 11.0 Å². The van der Waals surface area contributed by atoms with E-state index in [1.165, 1.54) is 0 Å². The van der Waals surface area contributed by atoms with Gasteiger partial charge in [0.05, 0.1) is 21.6 Å². The summed E-state index contributed by atoms with van der Waals surface area (Å²) in [5, 5.41) is 7.54. The number of nitrogens with one attached hydrogen (secondary N) is 2. The molecule has 4 rings (SSSR count). The summed E-state index contributed by atoms with van der Waals surface area (Å²) in [6.45, 7) is 7.20. The normalized spacial score (nSPS) is 11.8. The van der Waals surface area contributed by atoms with E-state index >= 15 is 0 Å². The Balaban J connectivity index is 1.48. The van der Waals surface area contributed by atoms with Crippen molar-refractivity contribution in [1.29, 1.82) is 5.41 Å². The summed E-state index contributed by atoms with van der Waals surface area (Å²) in [5.74, 6) is 0.973. The number of fused-ring (bicyclic) bond motifs is 1. The van der Waals surface area contributed by atoms with E-state index in [0.717, 1.165) is 66.9 Å². The molecule has 0 aliphatic carbocycles. The number of amidine groups is 1. The Morgan fingerprint density at radius 1 is 1.00 bits per heavy atom. The van der Waals surface area contributed by atoms with Gasteiger partial charge in [0, 0.05) is 19.0 Å². The minimum atomic E-state index is -3.76. The predicted octanol–water partition coefficient (Wildman–Crippen LogP) is 4.72. The molecule has 0 spiro atoms. The van der Waals surface area contributed by atoms with Gasteiger partial charge >= 0.3 is 0 Å². The second kappa shape index (κ2) is 12.4. The lowest BCUT2D eigenvalue weighted by Crippen LogP contribution is -2.24. The summed E-state index contributed by atoms with van der Waals surface area (Å²) < 4.78 is 31.6. The molecule has 0 aliphatic heterocycles. The van der Waals surface area contributed by atoms with Crippen molar-refractivity contribution >= 4 is 32.6 Å². The molecule has 1 aromatic heterocycles. The van der Waals surface area contributed by atoms with Gasteiger partial charge in [-0.1, -0.05) is 56.3 Å². The summed E-state index contributed by atoms with van der Waals surface area (Å²) >= 11 is 0. The molecule has 0 bridgehead atoms. The zero-order valence-corrected chi connectivity index (χ0v) is 23.8. The molecule has 0 amide bonds. The van der Waals surface area contributed by atoms with Crippen molar-refractivity contribution in [1.82, 2.24) is 14.5 Å². The molecule has 9 heteroatoms. The van der Waals surface area contributed by atoms with E-state index in [1.807, 2.05) is 54.1 Å². The molecule has 0 aliphatic rings. The molecule has 1 heterocycles. The second-order valence-corrected chi connectivity index (χ2v) is 11.4. The molecule has 8 nitrogen and oxygen atoms in total. The maximum absolute atomic E-state index is 13.4. The van der Waals surface area contributed by atoms with Gasteiger partial charge in [-0.05, 0) is 74.3 Å². The van der Waals surface area contributed by atoms with Crippen LogP contribution in [-0.4, -0.2) is 48.3 Å². The zero-order chi connectivity index (χ0) is 28.0. The van der Waals surface area contributed by atoms with E-state index in [-0.39, 0.29) is 5.84 Å². The molecule has 0 saturated heterocycles. The summed E-state index contributed by atoms with van der Waals surface area (Å²) in [4.78, 5) is 7.46. The van der Waals surface area contributed by atoms with Crippen LogP contribution in [0.15, 0.2) is 71.6 Å². The van der Waals surface area contributed by atoms with Crippen LogP contribution in [0.1, 0.15) is 42.8 Å². The number of anilines is 1. The predicted molar refractivity (Wildman–Crippen MR) is 159 cm³/mol. The Morgan fingerprint density at radius 3 is 2.41 bits per heavy atom. The number of benzene rings is 3. The van der Waals surface area contributed by atoms with Gasteiger partial charge in [-0.3, -0.25) is 10.1 Å². The number of nitrogens with two attached hydrogens (primary N) is 1. The fourth-order valence-electron chi connectivity index (χ4n) is 4.86. The summed E-state index contributed by atoms with van der Waals surface area (Å²) in [5.41, 5.74) is 10.4. The van der Waals surface area contributed by atoms with Crippen molar-refractivity contribution in [2.24, 2.45) is 12.8 Å². The third-order valence-corrected chi connectivity index (χ3v) is 8.69. The van der Waals surface area contributed by atoms with Gasteiger partial charge < -0.3 is 15.2 Å². The van der Waals surface area contributed by atoms with Gasteiger partial charge in [0.15, 0.2) is 0 Å². The van der Waals surface area contributed by atoms with E-state index in [2.05, 4.69) is 23.5 Å². The monoisotopic (exact) mass is 546 g/mol. The molecular weight excluding hydrogens is 508 g/mol. The molecular formula is C30H38N6O2S. The highest BCUT2D eigenvalue weighted by Gasteiger charge is 2.19. The van der Waals surface area contributed by atoms with Crippen LogP contribution < -0.4 is 10.5 Å². The van der Waals surface area contributed by atoms with Crippen LogP contribution in [0.3, 0.4) is 0 Å². The highest BCUT2D eigenvalue weighted by molar-refractivity contribution is 7.92. The maximum Gasteiger partial charge on any atom is 0.262 e. The van der Waals surface area contributed by atoms with Crippen LogP contribution in [-0.2, 0) is 36.3 Å². The zero-order valence-electron chi connectivity index (χ0n) is 22.9. The molecule has 0 atom stereocenters. The Bertz CT molecular complexity index is 1540. The van der Waals surface area contributed by atoms with E-state index in [9.17, 15) is 8.42 Å². The van der Waals surface area contributed by atoms with E-state index in [4.69, 9.17) is 16.1 Å². The average molecular weight is 547 g/mol. The molecule has 0 unspecified atom stereocenters. The Kier molecular flexibility index (Phi) is 9.04. The Morgan fingerprint density at radius 2 is 1.72 bits per heavy atom. The molecule has 206 valence electrons. The smallest absolute Gasteiger partial charge is 0.262 e. The lowest BCUT2D eigenvalue weighted by molar-refractivity contribution is 0.300. The lowest BCUT2D eigenvalue weighted by atomic mass is 10.1. The number of aryl methyl sites for hydroxylation is 4. The van der Waals surface area contributed by atoms with Crippen molar-refractivity contribution in [3.05, 3.63) is 89.2 Å². The average Bonchev–Trinajstić information content (AvgIpc) is 3.24. The molecule has 0 fully saturated rings. The molecule has 0 saturated carbocycles. The topological polar surface area (TPSA) is 117 Å². The minimum absolute atomic E-state index is 0.0575. The van der Waals surface area contributed by atoms with Crippen molar-refractivity contribution < 1.29 is 8.42 Å². The van der Waals surface area contributed by atoms with E-state index < -0.39 is 10.0 Å². The third-order valence-electron chi connectivity index (χ3n) is 7.20. The van der Waals surface area contributed by atoms with Gasteiger partial charge in [-0.15, -0.1) is 0 Å². The van der Waals surface area contributed by atoms with Crippen LogP contribution in [0.4, 0.5) is 5.69 Å².